The highest BCUT2D eigenvalue weighted by atomic mass is 35.5. The average molecular weight is 561 g/mol. The number of carboxylic acids is 1. The summed E-state index contributed by atoms with van der Waals surface area (Å²) in [6.07, 6.45) is 2.28. The molecule has 0 spiro atoms. The number of hydrogen-bond donors (Lipinski definition) is 5. The van der Waals surface area contributed by atoms with Crippen molar-refractivity contribution in [3.8, 4) is 0 Å². The van der Waals surface area contributed by atoms with Crippen LogP contribution >= 0.6 is 23.2 Å². The number of nitrogens with one attached hydrogen (secondary N) is 4. The molecule has 2 aromatic carbocycles. The van der Waals surface area contributed by atoms with E-state index in [2.05, 4.69) is 31.2 Å². The molecule has 1 aromatic heterocycles. The zero-order valence-electron chi connectivity index (χ0n) is 20.2. The molecule has 1 aliphatic rings. The number of carbonyl (C=O) groups is 2. The first-order valence-electron chi connectivity index (χ1n) is 11.9. The molecule has 0 radical (unpaired) electrons. The van der Waals surface area contributed by atoms with Crippen molar-refractivity contribution in [2.45, 2.75) is 12.5 Å². The van der Waals surface area contributed by atoms with Crippen molar-refractivity contribution in [2.75, 3.05) is 55.2 Å². The lowest BCUT2D eigenvalue weighted by Crippen LogP contribution is -2.45. The van der Waals surface area contributed by atoms with Gasteiger partial charge in [-0.05, 0) is 17.7 Å². The molecule has 0 aliphatic carbocycles. The molecule has 3 aromatic rings. The van der Waals surface area contributed by atoms with Gasteiger partial charge in [-0.1, -0.05) is 35.3 Å². The maximum atomic E-state index is 12.6. The Morgan fingerprint density at radius 2 is 1.66 bits per heavy atom. The van der Waals surface area contributed by atoms with Gasteiger partial charge in [0.15, 0.2) is 0 Å². The van der Waals surface area contributed by atoms with Gasteiger partial charge in [0.2, 0.25) is 0 Å². The second-order valence-electron chi connectivity index (χ2n) is 8.78. The molecule has 0 bridgehead atoms. The summed E-state index contributed by atoms with van der Waals surface area (Å²) >= 11 is 12.1. The van der Waals surface area contributed by atoms with Gasteiger partial charge in [-0.3, -0.25) is 29.1 Å². The Kier molecular flexibility index (Phi) is 8.95. The van der Waals surface area contributed by atoms with Crippen LogP contribution in [0.2, 0.25) is 10.0 Å². The molecule has 0 unspecified atom stereocenters. The van der Waals surface area contributed by atoms with Gasteiger partial charge < -0.3 is 26.4 Å². The molecule has 1 aliphatic heterocycles. The van der Waals surface area contributed by atoms with Crippen LogP contribution in [0.3, 0.4) is 0 Å². The number of amides is 1. The first-order valence-corrected chi connectivity index (χ1v) is 12.7. The maximum absolute atomic E-state index is 12.6. The summed E-state index contributed by atoms with van der Waals surface area (Å²) in [5.41, 5.74) is -0.0499. The van der Waals surface area contributed by atoms with Crippen LogP contribution in [-0.2, 0) is 4.79 Å². The predicted molar refractivity (Wildman–Crippen MR) is 146 cm³/mol. The number of benzene rings is 1. The van der Waals surface area contributed by atoms with E-state index in [1.807, 2.05) is 0 Å². The maximum Gasteiger partial charge on any atom is 0.305 e. The molecule has 1 saturated heterocycles. The third kappa shape index (κ3) is 6.48. The van der Waals surface area contributed by atoms with Gasteiger partial charge in [-0.15, -0.1) is 0 Å². The number of aliphatic carboxylic acids is 1. The fraction of sp³-hybridized carbons (Fsp3) is 0.320. The van der Waals surface area contributed by atoms with Gasteiger partial charge in [0.25, 0.3) is 16.8 Å². The Labute approximate surface area is 227 Å². The summed E-state index contributed by atoms with van der Waals surface area (Å²) in [6.45, 7) is 4.79. The number of nitrogens with zero attached hydrogens (tertiary/aromatic N) is 2. The predicted octanol–water partition coefficient (Wildman–Crippen LogP) is 2.18. The van der Waals surface area contributed by atoms with Crippen LogP contribution in [0.5, 0.6) is 0 Å². The monoisotopic (exact) mass is 560 g/mol. The zero-order chi connectivity index (χ0) is 27.2. The first kappa shape index (κ1) is 27.5. The van der Waals surface area contributed by atoms with E-state index < -0.39 is 28.8 Å². The lowest BCUT2D eigenvalue weighted by molar-refractivity contribution is -0.137. The first-order chi connectivity index (χ1) is 18.2. The minimum absolute atomic E-state index is 0.0703. The van der Waals surface area contributed by atoms with Crippen molar-refractivity contribution in [1.82, 2.24) is 15.2 Å². The van der Waals surface area contributed by atoms with Crippen molar-refractivity contribution in [3.05, 3.63) is 78.3 Å². The largest absolute Gasteiger partial charge is 0.481 e. The summed E-state index contributed by atoms with van der Waals surface area (Å²) in [5, 5.41) is 21.6. The van der Waals surface area contributed by atoms with E-state index in [0.29, 0.717) is 24.3 Å². The second-order valence-corrected chi connectivity index (χ2v) is 9.59. The molecule has 2 heterocycles. The number of piperazine rings is 1. The number of rotatable bonds is 11. The molecule has 1 atom stereocenters. The zero-order valence-corrected chi connectivity index (χ0v) is 21.7. The van der Waals surface area contributed by atoms with E-state index in [9.17, 15) is 24.3 Å². The minimum atomic E-state index is -1.09. The van der Waals surface area contributed by atoms with E-state index in [4.69, 9.17) is 23.2 Å². The van der Waals surface area contributed by atoms with E-state index >= 15 is 0 Å². The van der Waals surface area contributed by atoms with Crippen molar-refractivity contribution >= 4 is 52.1 Å². The number of carboxylic acid groups (broad SMARTS) is 1. The Morgan fingerprint density at radius 1 is 1.03 bits per heavy atom. The van der Waals surface area contributed by atoms with Gasteiger partial charge in [0.1, 0.15) is 11.4 Å². The summed E-state index contributed by atoms with van der Waals surface area (Å²) in [6, 6.07) is 5.62. The topological polar surface area (TPSA) is 153 Å². The third-order valence-electron chi connectivity index (χ3n) is 6.20. The molecule has 200 valence electrons. The van der Waals surface area contributed by atoms with E-state index in [-0.39, 0.29) is 33.4 Å². The quantitative estimate of drug-likeness (QED) is 0.220. The lowest BCUT2D eigenvalue weighted by atomic mass is 10.0. The Morgan fingerprint density at radius 3 is 2.29 bits per heavy atom. The normalized spacial score (nSPS) is 14.7. The molecule has 5 N–H and O–H groups in total. The Balaban J connectivity index is 1.44. The van der Waals surface area contributed by atoms with Crippen molar-refractivity contribution < 1.29 is 14.7 Å². The fourth-order valence-electron chi connectivity index (χ4n) is 4.19. The Bertz CT molecular complexity index is 1360. The molecule has 0 saturated carbocycles. The molecule has 38 heavy (non-hydrogen) atoms. The summed E-state index contributed by atoms with van der Waals surface area (Å²) in [4.78, 5) is 54.7. The van der Waals surface area contributed by atoms with Gasteiger partial charge in [-0.25, -0.2) is 0 Å². The summed E-state index contributed by atoms with van der Waals surface area (Å²) in [5.74, 6) is -1.62. The van der Waals surface area contributed by atoms with Crippen LogP contribution < -0.4 is 32.1 Å². The minimum Gasteiger partial charge on any atom is -0.481 e. The summed E-state index contributed by atoms with van der Waals surface area (Å²) in [7, 11) is 0. The molecular formula is C25H26Cl2N6O5. The van der Waals surface area contributed by atoms with Gasteiger partial charge >= 0.3 is 5.97 Å². The van der Waals surface area contributed by atoms with Gasteiger partial charge in [0.05, 0.1) is 28.1 Å². The molecule has 1 amide bonds. The number of hydrogen-bond acceptors (Lipinski definition) is 9. The number of carbonyl (C=O) groups excluding carboxylic acids is 1. The van der Waals surface area contributed by atoms with Crippen LogP contribution in [0, 0.1) is 0 Å². The average Bonchev–Trinajstić information content (AvgIpc) is 2.90. The highest BCUT2D eigenvalue weighted by Crippen LogP contribution is 2.28. The molecule has 1 fully saturated rings. The second kappa shape index (κ2) is 12.4. The molecule has 4 rings (SSSR count). The van der Waals surface area contributed by atoms with Gasteiger partial charge in [0, 0.05) is 57.3 Å². The van der Waals surface area contributed by atoms with Crippen LogP contribution in [0.1, 0.15) is 28.4 Å². The van der Waals surface area contributed by atoms with E-state index in [0.717, 1.165) is 26.2 Å². The van der Waals surface area contributed by atoms with E-state index in [1.165, 1.54) is 12.4 Å². The van der Waals surface area contributed by atoms with Crippen molar-refractivity contribution in [1.29, 1.82) is 0 Å². The standard InChI is InChI=1S/C25H26Cl2N6O5/c26-16-12-29-13-17(27)20(16)25(38)31-15-3-1-14(2-4-15)18(11-19(34)35)32-22-21(23(36)24(22)37)30-7-10-33-8-5-28-6-9-33/h1-4,12-13,18,28,30,32H,5-11H2,(H,31,38)(H,34,35)/t18-/m0/s1. The van der Waals surface area contributed by atoms with Crippen molar-refractivity contribution in [3.63, 3.8) is 0 Å². The van der Waals surface area contributed by atoms with Crippen LogP contribution in [0.4, 0.5) is 17.1 Å². The smallest absolute Gasteiger partial charge is 0.305 e. The summed E-state index contributed by atoms with van der Waals surface area (Å²) < 4.78 is 0. The number of anilines is 3. The number of aromatic nitrogens is 1. The molecule has 13 heteroatoms. The molecular weight excluding hydrogens is 535 g/mol. The number of pyridine rings is 1. The SMILES string of the molecule is O=C(O)C[C@H](Nc1c(NCCN2CCNCC2)c(=O)c1=O)c1ccc(NC(=O)c2c(Cl)cncc2Cl)cc1. The van der Waals surface area contributed by atoms with Crippen LogP contribution in [0.15, 0.2) is 46.2 Å². The van der Waals surface area contributed by atoms with E-state index in [1.54, 1.807) is 24.3 Å². The van der Waals surface area contributed by atoms with Crippen LogP contribution in [-0.4, -0.2) is 66.1 Å². The molecule has 11 nitrogen and oxygen atoms in total. The highest BCUT2D eigenvalue weighted by Gasteiger charge is 2.25. The van der Waals surface area contributed by atoms with Gasteiger partial charge in [-0.2, -0.15) is 0 Å². The third-order valence-corrected chi connectivity index (χ3v) is 6.77. The lowest BCUT2D eigenvalue weighted by Gasteiger charge is -2.27. The fourth-order valence-corrected chi connectivity index (χ4v) is 4.73. The van der Waals surface area contributed by atoms with Crippen molar-refractivity contribution in [2.24, 2.45) is 0 Å². The Hall–Kier alpha value is -3.51. The number of halogens is 2. The van der Waals surface area contributed by atoms with Crippen LogP contribution in [0.25, 0.3) is 0 Å². The highest BCUT2D eigenvalue weighted by molar-refractivity contribution is 6.40.